The lowest BCUT2D eigenvalue weighted by Crippen LogP contribution is -2.36. The second-order valence-corrected chi connectivity index (χ2v) is 5.82. The maximum absolute atomic E-state index is 11.8. The van der Waals surface area contributed by atoms with Crippen LogP contribution in [0.4, 0.5) is 0 Å². The Bertz CT molecular complexity index is 377. The van der Waals surface area contributed by atoms with Crippen molar-refractivity contribution in [1.29, 1.82) is 0 Å². The first-order valence-corrected chi connectivity index (χ1v) is 6.64. The Labute approximate surface area is 105 Å². The summed E-state index contributed by atoms with van der Waals surface area (Å²) in [5, 5.41) is 10.5. The van der Waals surface area contributed by atoms with Crippen LogP contribution in [0.5, 0.6) is 0 Å². The van der Waals surface area contributed by atoms with E-state index in [4.69, 9.17) is 5.73 Å². The van der Waals surface area contributed by atoms with Gasteiger partial charge in [-0.3, -0.25) is 9.48 Å². The van der Waals surface area contributed by atoms with Crippen LogP contribution in [-0.2, 0) is 6.54 Å². The Morgan fingerprint density at radius 3 is 2.94 bits per heavy atom. The summed E-state index contributed by atoms with van der Waals surface area (Å²) in [6.07, 6.45) is 3.62. The van der Waals surface area contributed by atoms with E-state index in [1.165, 1.54) is 0 Å². The lowest BCUT2D eigenvalue weighted by atomic mass is 10.2. The standard InChI is InChI=1S/C10H19N5OS/c1-10(2,17-3)7-12-9(16)8-6-15(5-4-11)14-13-8/h6H,4-5,7,11H2,1-3H3,(H,12,16). The van der Waals surface area contributed by atoms with Crippen molar-refractivity contribution < 1.29 is 4.79 Å². The number of thioether (sulfide) groups is 1. The highest BCUT2D eigenvalue weighted by Crippen LogP contribution is 2.19. The monoisotopic (exact) mass is 257 g/mol. The molecule has 7 heteroatoms. The van der Waals surface area contributed by atoms with Crippen LogP contribution in [0.15, 0.2) is 6.20 Å². The minimum absolute atomic E-state index is 0.0168. The first kappa shape index (κ1) is 14.0. The van der Waals surface area contributed by atoms with Crippen molar-refractivity contribution in [2.45, 2.75) is 25.1 Å². The molecule has 1 aromatic rings. The molecule has 0 aliphatic carbocycles. The van der Waals surface area contributed by atoms with Crippen LogP contribution < -0.4 is 11.1 Å². The van der Waals surface area contributed by atoms with Gasteiger partial charge in [-0.05, 0) is 20.1 Å². The summed E-state index contributed by atoms with van der Waals surface area (Å²) in [5.74, 6) is -0.199. The largest absolute Gasteiger partial charge is 0.349 e. The first-order valence-electron chi connectivity index (χ1n) is 5.42. The van der Waals surface area contributed by atoms with E-state index in [9.17, 15) is 4.79 Å². The van der Waals surface area contributed by atoms with E-state index in [0.717, 1.165) is 0 Å². The van der Waals surface area contributed by atoms with Crippen LogP contribution >= 0.6 is 11.8 Å². The molecule has 0 radical (unpaired) electrons. The molecule has 17 heavy (non-hydrogen) atoms. The van der Waals surface area contributed by atoms with E-state index in [2.05, 4.69) is 29.5 Å². The lowest BCUT2D eigenvalue weighted by molar-refractivity contribution is 0.0945. The molecule has 0 saturated heterocycles. The number of carbonyl (C=O) groups excluding carboxylic acids is 1. The van der Waals surface area contributed by atoms with Crippen molar-refractivity contribution in [3.63, 3.8) is 0 Å². The quantitative estimate of drug-likeness (QED) is 0.755. The molecule has 1 aromatic heterocycles. The Morgan fingerprint density at radius 1 is 1.65 bits per heavy atom. The third-order valence-electron chi connectivity index (χ3n) is 2.36. The predicted molar refractivity (Wildman–Crippen MR) is 69.0 cm³/mol. The van der Waals surface area contributed by atoms with Gasteiger partial charge in [-0.1, -0.05) is 5.21 Å². The molecule has 1 rings (SSSR count). The number of hydrogen-bond acceptors (Lipinski definition) is 5. The van der Waals surface area contributed by atoms with Crippen molar-refractivity contribution in [2.24, 2.45) is 5.73 Å². The van der Waals surface area contributed by atoms with Gasteiger partial charge in [-0.15, -0.1) is 5.10 Å². The van der Waals surface area contributed by atoms with Crippen molar-refractivity contribution in [3.8, 4) is 0 Å². The number of carbonyl (C=O) groups is 1. The van der Waals surface area contributed by atoms with Crippen molar-refractivity contribution in [1.82, 2.24) is 20.3 Å². The highest BCUT2D eigenvalue weighted by Gasteiger charge is 2.18. The molecule has 0 unspecified atom stereocenters. The van der Waals surface area contributed by atoms with Crippen LogP contribution in [0.25, 0.3) is 0 Å². The molecule has 1 amide bonds. The minimum atomic E-state index is -0.199. The molecule has 3 N–H and O–H groups in total. The molecule has 96 valence electrons. The fraction of sp³-hybridized carbons (Fsp3) is 0.700. The van der Waals surface area contributed by atoms with Gasteiger partial charge in [0.05, 0.1) is 12.7 Å². The third-order valence-corrected chi connectivity index (χ3v) is 3.61. The average molecular weight is 257 g/mol. The second-order valence-electron chi connectivity index (χ2n) is 4.30. The number of nitrogens with zero attached hydrogens (tertiary/aromatic N) is 3. The van der Waals surface area contributed by atoms with E-state index in [1.54, 1.807) is 22.6 Å². The Balaban J connectivity index is 2.52. The van der Waals surface area contributed by atoms with Crippen molar-refractivity contribution >= 4 is 17.7 Å². The van der Waals surface area contributed by atoms with E-state index < -0.39 is 0 Å². The summed E-state index contributed by atoms with van der Waals surface area (Å²) in [6.45, 7) is 5.78. The Hall–Kier alpha value is -1.08. The maximum atomic E-state index is 11.8. The molecule has 1 heterocycles. The highest BCUT2D eigenvalue weighted by molar-refractivity contribution is 7.99. The molecule has 6 nitrogen and oxygen atoms in total. The van der Waals surface area contributed by atoms with Crippen LogP contribution in [0.3, 0.4) is 0 Å². The van der Waals surface area contributed by atoms with Crippen LogP contribution in [-0.4, -0.2) is 45.0 Å². The van der Waals surface area contributed by atoms with Gasteiger partial charge < -0.3 is 11.1 Å². The van der Waals surface area contributed by atoms with Crippen molar-refractivity contribution in [2.75, 3.05) is 19.3 Å². The molecule has 0 aliphatic heterocycles. The van der Waals surface area contributed by atoms with Gasteiger partial charge in [0.25, 0.3) is 5.91 Å². The molecular formula is C10H19N5OS. The molecule has 0 aliphatic rings. The summed E-state index contributed by atoms with van der Waals surface area (Å²) >= 11 is 1.71. The molecule has 0 saturated carbocycles. The van der Waals surface area contributed by atoms with Crippen molar-refractivity contribution in [3.05, 3.63) is 11.9 Å². The average Bonchev–Trinajstić information content (AvgIpc) is 2.75. The Morgan fingerprint density at radius 2 is 2.35 bits per heavy atom. The number of nitrogens with two attached hydrogens (primary N) is 1. The number of aromatic nitrogens is 3. The number of amides is 1. The van der Waals surface area contributed by atoms with Gasteiger partial charge in [0.15, 0.2) is 5.69 Å². The Kier molecular flexibility index (Phi) is 4.95. The zero-order valence-corrected chi connectivity index (χ0v) is 11.3. The topological polar surface area (TPSA) is 85.8 Å². The molecule has 0 atom stereocenters. The summed E-state index contributed by atoms with van der Waals surface area (Å²) in [5.41, 5.74) is 5.72. The third kappa shape index (κ3) is 4.35. The van der Waals surface area contributed by atoms with E-state index in [-0.39, 0.29) is 10.7 Å². The SMILES string of the molecule is CSC(C)(C)CNC(=O)c1cn(CCN)nn1. The van der Waals surface area contributed by atoms with E-state index >= 15 is 0 Å². The minimum Gasteiger partial charge on any atom is -0.349 e. The molecule has 0 fully saturated rings. The summed E-state index contributed by atoms with van der Waals surface area (Å²) < 4.78 is 1.58. The molecule has 0 spiro atoms. The van der Waals surface area contributed by atoms with Gasteiger partial charge in [-0.25, -0.2) is 0 Å². The van der Waals surface area contributed by atoms with Gasteiger partial charge in [0.1, 0.15) is 0 Å². The van der Waals surface area contributed by atoms with Crippen LogP contribution in [0.1, 0.15) is 24.3 Å². The van der Waals surface area contributed by atoms with Gasteiger partial charge >= 0.3 is 0 Å². The zero-order chi connectivity index (χ0) is 12.9. The molecule has 0 bridgehead atoms. The summed E-state index contributed by atoms with van der Waals surface area (Å²) in [6, 6.07) is 0. The lowest BCUT2D eigenvalue weighted by Gasteiger charge is -2.21. The zero-order valence-electron chi connectivity index (χ0n) is 10.4. The first-order chi connectivity index (χ1) is 7.98. The fourth-order valence-corrected chi connectivity index (χ4v) is 1.32. The second kappa shape index (κ2) is 6.02. The number of hydrogen-bond donors (Lipinski definition) is 2. The van der Waals surface area contributed by atoms with E-state index in [0.29, 0.717) is 25.3 Å². The molecule has 0 aromatic carbocycles. The van der Waals surface area contributed by atoms with Crippen LogP contribution in [0.2, 0.25) is 0 Å². The van der Waals surface area contributed by atoms with Gasteiger partial charge in [0.2, 0.25) is 0 Å². The number of rotatable bonds is 6. The summed E-state index contributed by atoms with van der Waals surface area (Å²) in [4.78, 5) is 11.8. The van der Waals surface area contributed by atoms with Gasteiger partial charge in [-0.2, -0.15) is 11.8 Å². The maximum Gasteiger partial charge on any atom is 0.273 e. The fourth-order valence-electron chi connectivity index (χ4n) is 1.10. The molecular weight excluding hydrogens is 238 g/mol. The van der Waals surface area contributed by atoms with Gasteiger partial charge in [0, 0.05) is 17.8 Å². The normalized spacial score (nSPS) is 11.5. The number of nitrogens with one attached hydrogen (secondary N) is 1. The summed E-state index contributed by atoms with van der Waals surface area (Å²) in [7, 11) is 0. The van der Waals surface area contributed by atoms with Crippen LogP contribution in [0, 0.1) is 0 Å². The smallest absolute Gasteiger partial charge is 0.273 e. The predicted octanol–water partition coefficient (Wildman–Crippen LogP) is 0.108. The van der Waals surface area contributed by atoms with E-state index in [1.807, 2.05) is 6.26 Å². The highest BCUT2D eigenvalue weighted by atomic mass is 32.2.